The topological polar surface area (TPSA) is 15.3 Å². The van der Waals surface area contributed by atoms with Crippen LogP contribution in [-0.2, 0) is 6.54 Å². The van der Waals surface area contributed by atoms with Gasteiger partial charge in [0.25, 0.3) is 0 Å². The van der Waals surface area contributed by atoms with Crippen molar-refractivity contribution in [3.8, 4) is 0 Å². The molecule has 0 heterocycles. The first-order valence-electron chi connectivity index (χ1n) is 6.32. The zero-order valence-corrected chi connectivity index (χ0v) is 11.8. The summed E-state index contributed by atoms with van der Waals surface area (Å²) in [5.41, 5.74) is 2.71. The number of rotatable bonds is 5. The number of alkyl halides is 3. The summed E-state index contributed by atoms with van der Waals surface area (Å²) in [4.78, 5) is 1.37. The van der Waals surface area contributed by atoms with E-state index in [2.05, 4.69) is 5.32 Å². The summed E-state index contributed by atoms with van der Waals surface area (Å²) in [5.74, 6) is 0. The minimum absolute atomic E-state index is 0.198. The summed E-state index contributed by atoms with van der Waals surface area (Å²) in [6, 6.07) is 5.26. The summed E-state index contributed by atoms with van der Waals surface area (Å²) < 4.78 is 37.8. The van der Waals surface area contributed by atoms with E-state index in [1.807, 2.05) is 26.1 Å². The molecule has 0 aliphatic carbocycles. The standard InChI is InChI=1S/C14H21F3N2/c1-10(2)19(9-14(15,16)17)13-6-5-12(8-18-4)11(3)7-13/h5-7,10,18H,8-9H2,1-4H3. The average Bonchev–Trinajstić information content (AvgIpc) is 2.27. The van der Waals surface area contributed by atoms with Gasteiger partial charge in [0.1, 0.15) is 6.54 Å². The maximum Gasteiger partial charge on any atom is 0.405 e. The third kappa shape index (κ3) is 4.74. The van der Waals surface area contributed by atoms with Crippen LogP contribution >= 0.6 is 0 Å². The van der Waals surface area contributed by atoms with Crippen LogP contribution in [0.5, 0.6) is 0 Å². The van der Waals surface area contributed by atoms with Crippen LogP contribution in [0.1, 0.15) is 25.0 Å². The monoisotopic (exact) mass is 274 g/mol. The third-order valence-electron chi connectivity index (χ3n) is 3.00. The highest BCUT2D eigenvalue weighted by Gasteiger charge is 2.32. The van der Waals surface area contributed by atoms with Crippen molar-refractivity contribution in [1.82, 2.24) is 5.32 Å². The number of hydrogen-bond donors (Lipinski definition) is 1. The number of anilines is 1. The van der Waals surface area contributed by atoms with E-state index in [9.17, 15) is 13.2 Å². The van der Waals surface area contributed by atoms with E-state index in [1.165, 1.54) is 4.90 Å². The van der Waals surface area contributed by atoms with E-state index < -0.39 is 12.7 Å². The Morgan fingerprint density at radius 3 is 2.32 bits per heavy atom. The second kappa shape index (κ2) is 6.28. The van der Waals surface area contributed by atoms with Crippen LogP contribution in [0.2, 0.25) is 0 Å². The van der Waals surface area contributed by atoms with Crippen LogP contribution in [0.15, 0.2) is 18.2 Å². The maximum absolute atomic E-state index is 12.6. The van der Waals surface area contributed by atoms with Crippen molar-refractivity contribution in [2.24, 2.45) is 0 Å². The van der Waals surface area contributed by atoms with Gasteiger partial charge in [0, 0.05) is 18.3 Å². The molecule has 1 rings (SSSR count). The summed E-state index contributed by atoms with van der Waals surface area (Å²) in [5, 5.41) is 3.04. The molecule has 108 valence electrons. The van der Waals surface area contributed by atoms with Gasteiger partial charge < -0.3 is 10.2 Å². The molecule has 0 aromatic heterocycles. The highest BCUT2D eigenvalue weighted by molar-refractivity contribution is 5.51. The van der Waals surface area contributed by atoms with Crippen molar-refractivity contribution in [3.05, 3.63) is 29.3 Å². The Morgan fingerprint density at radius 1 is 1.26 bits per heavy atom. The molecule has 0 fully saturated rings. The fourth-order valence-corrected chi connectivity index (χ4v) is 2.01. The van der Waals surface area contributed by atoms with Crippen LogP contribution in [0.25, 0.3) is 0 Å². The summed E-state index contributed by atoms with van der Waals surface area (Å²) in [7, 11) is 1.84. The Hall–Kier alpha value is -1.23. The van der Waals surface area contributed by atoms with Gasteiger partial charge in [-0.25, -0.2) is 0 Å². The van der Waals surface area contributed by atoms with Crippen molar-refractivity contribution >= 4 is 5.69 Å². The highest BCUT2D eigenvalue weighted by atomic mass is 19.4. The van der Waals surface area contributed by atoms with Crippen LogP contribution in [0, 0.1) is 6.92 Å². The summed E-state index contributed by atoms with van der Waals surface area (Å²) >= 11 is 0. The first-order chi connectivity index (χ1) is 8.74. The largest absolute Gasteiger partial charge is 0.405 e. The number of halogens is 3. The predicted octanol–water partition coefficient (Wildman–Crippen LogP) is 3.49. The molecule has 0 saturated carbocycles. The Bertz CT molecular complexity index is 414. The van der Waals surface area contributed by atoms with Crippen molar-refractivity contribution in [2.75, 3.05) is 18.5 Å². The Kier molecular flexibility index (Phi) is 5.23. The van der Waals surface area contributed by atoms with Gasteiger partial charge in [-0.15, -0.1) is 0 Å². The molecule has 0 atom stereocenters. The summed E-state index contributed by atoms with van der Waals surface area (Å²) in [6.45, 7) is 5.25. The molecule has 0 saturated heterocycles. The van der Waals surface area contributed by atoms with E-state index in [-0.39, 0.29) is 6.04 Å². The van der Waals surface area contributed by atoms with Crippen molar-refractivity contribution in [2.45, 2.75) is 39.5 Å². The lowest BCUT2D eigenvalue weighted by atomic mass is 10.1. The number of benzene rings is 1. The molecular formula is C14H21F3N2. The number of aryl methyl sites for hydroxylation is 1. The molecular weight excluding hydrogens is 253 g/mol. The molecule has 0 bridgehead atoms. The Balaban J connectivity index is 3.00. The van der Waals surface area contributed by atoms with Gasteiger partial charge in [0.15, 0.2) is 0 Å². The van der Waals surface area contributed by atoms with Gasteiger partial charge in [-0.05, 0) is 51.1 Å². The maximum atomic E-state index is 12.6. The SMILES string of the molecule is CNCc1ccc(N(CC(F)(F)F)C(C)C)cc1C. The van der Waals surface area contributed by atoms with Crippen molar-refractivity contribution < 1.29 is 13.2 Å². The second-order valence-electron chi connectivity index (χ2n) is 4.98. The minimum Gasteiger partial charge on any atom is -0.360 e. The number of nitrogens with one attached hydrogen (secondary N) is 1. The molecule has 0 aliphatic heterocycles. The number of nitrogens with zero attached hydrogens (tertiary/aromatic N) is 1. The molecule has 19 heavy (non-hydrogen) atoms. The lowest BCUT2D eigenvalue weighted by Crippen LogP contribution is -2.39. The quantitative estimate of drug-likeness (QED) is 0.884. The van der Waals surface area contributed by atoms with Gasteiger partial charge in [0.2, 0.25) is 0 Å². The fourth-order valence-electron chi connectivity index (χ4n) is 2.01. The van der Waals surface area contributed by atoms with Crippen LogP contribution in [-0.4, -0.2) is 25.8 Å². The van der Waals surface area contributed by atoms with Crippen LogP contribution in [0.4, 0.5) is 18.9 Å². The predicted molar refractivity (Wildman–Crippen MR) is 72.5 cm³/mol. The number of hydrogen-bond acceptors (Lipinski definition) is 2. The molecule has 0 aliphatic rings. The van der Waals surface area contributed by atoms with E-state index in [4.69, 9.17) is 0 Å². The molecule has 1 aromatic rings. The Labute approximate surface area is 112 Å². The van der Waals surface area contributed by atoms with E-state index >= 15 is 0 Å². The van der Waals surface area contributed by atoms with Crippen LogP contribution < -0.4 is 10.2 Å². The lowest BCUT2D eigenvalue weighted by Gasteiger charge is -2.30. The molecule has 1 N–H and O–H groups in total. The Morgan fingerprint density at radius 2 is 1.89 bits per heavy atom. The molecule has 5 heteroatoms. The third-order valence-corrected chi connectivity index (χ3v) is 3.00. The van der Waals surface area contributed by atoms with Gasteiger partial charge in [0.05, 0.1) is 0 Å². The van der Waals surface area contributed by atoms with Gasteiger partial charge in [-0.1, -0.05) is 6.07 Å². The average molecular weight is 274 g/mol. The normalized spacial score (nSPS) is 12.0. The molecule has 0 spiro atoms. The molecule has 0 radical (unpaired) electrons. The smallest absolute Gasteiger partial charge is 0.360 e. The van der Waals surface area contributed by atoms with Crippen molar-refractivity contribution in [3.63, 3.8) is 0 Å². The molecule has 0 amide bonds. The zero-order chi connectivity index (χ0) is 14.6. The minimum atomic E-state index is -4.19. The zero-order valence-electron chi connectivity index (χ0n) is 11.8. The second-order valence-corrected chi connectivity index (χ2v) is 4.98. The van der Waals surface area contributed by atoms with E-state index in [0.717, 1.165) is 11.1 Å². The van der Waals surface area contributed by atoms with E-state index in [1.54, 1.807) is 19.9 Å². The lowest BCUT2D eigenvalue weighted by molar-refractivity contribution is -0.120. The fraction of sp³-hybridized carbons (Fsp3) is 0.571. The first-order valence-corrected chi connectivity index (χ1v) is 6.32. The molecule has 0 unspecified atom stereocenters. The van der Waals surface area contributed by atoms with Crippen molar-refractivity contribution in [1.29, 1.82) is 0 Å². The molecule has 2 nitrogen and oxygen atoms in total. The van der Waals surface area contributed by atoms with Crippen LogP contribution in [0.3, 0.4) is 0 Å². The summed E-state index contributed by atoms with van der Waals surface area (Å²) in [6.07, 6.45) is -4.19. The van der Waals surface area contributed by atoms with Gasteiger partial charge in [-0.3, -0.25) is 0 Å². The van der Waals surface area contributed by atoms with E-state index in [0.29, 0.717) is 12.2 Å². The first kappa shape index (κ1) is 15.8. The van der Waals surface area contributed by atoms with Gasteiger partial charge >= 0.3 is 6.18 Å². The van der Waals surface area contributed by atoms with Gasteiger partial charge in [-0.2, -0.15) is 13.2 Å². The molecule has 1 aromatic carbocycles. The highest BCUT2D eigenvalue weighted by Crippen LogP contribution is 2.26.